The van der Waals surface area contributed by atoms with E-state index in [2.05, 4.69) is 4.98 Å². The molecule has 0 aliphatic heterocycles. The highest BCUT2D eigenvalue weighted by atomic mass is 35.5. The SMILES string of the molecule is Cc1c(Cl)ccc2[nH]c(=O)ccc12. The fourth-order valence-corrected chi connectivity index (χ4v) is 1.52. The van der Waals surface area contributed by atoms with E-state index in [0.29, 0.717) is 0 Å². The molecule has 0 radical (unpaired) electrons. The van der Waals surface area contributed by atoms with E-state index in [1.165, 1.54) is 6.07 Å². The molecule has 13 heavy (non-hydrogen) atoms. The van der Waals surface area contributed by atoms with E-state index in [1.807, 2.05) is 13.0 Å². The number of hydrogen-bond donors (Lipinski definition) is 1. The van der Waals surface area contributed by atoms with Crippen LogP contribution in [-0.2, 0) is 0 Å². The van der Waals surface area contributed by atoms with Gasteiger partial charge in [0.05, 0.1) is 0 Å². The first-order valence-electron chi connectivity index (χ1n) is 3.96. The number of hydrogen-bond acceptors (Lipinski definition) is 1. The average molecular weight is 194 g/mol. The molecule has 0 bridgehead atoms. The van der Waals surface area contributed by atoms with Gasteiger partial charge < -0.3 is 4.98 Å². The van der Waals surface area contributed by atoms with Crippen molar-refractivity contribution in [3.05, 3.63) is 45.2 Å². The highest BCUT2D eigenvalue weighted by molar-refractivity contribution is 6.32. The van der Waals surface area contributed by atoms with Crippen LogP contribution in [0.3, 0.4) is 0 Å². The summed E-state index contributed by atoms with van der Waals surface area (Å²) in [4.78, 5) is 13.7. The molecule has 1 aromatic carbocycles. The van der Waals surface area contributed by atoms with Crippen LogP contribution in [0, 0.1) is 6.92 Å². The standard InChI is InChI=1S/C10H8ClNO/c1-6-7-2-5-10(13)12-9(7)4-3-8(6)11/h2-5H,1H3,(H,12,13). The minimum atomic E-state index is -0.0887. The minimum absolute atomic E-state index is 0.0887. The number of aromatic amines is 1. The second-order valence-corrected chi connectivity index (χ2v) is 3.36. The summed E-state index contributed by atoms with van der Waals surface area (Å²) in [5.41, 5.74) is 1.74. The number of aryl methyl sites for hydroxylation is 1. The van der Waals surface area contributed by atoms with E-state index in [0.717, 1.165) is 21.5 Å². The van der Waals surface area contributed by atoms with Gasteiger partial charge >= 0.3 is 0 Å². The number of pyridine rings is 1. The highest BCUT2D eigenvalue weighted by Crippen LogP contribution is 2.22. The summed E-state index contributed by atoms with van der Waals surface area (Å²) in [5, 5.41) is 1.71. The van der Waals surface area contributed by atoms with Gasteiger partial charge in [0.15, 0.2) is 0 Å². The van der Waals surface area contributed by atoms with Crippen molar-refractivity contribution in [2.45, 2.75) is 6.92 Å². The van der Waals surface area contributed by atoms with Crippen LogP contribution >= 0.6 is 11.6 Å². The molecule has 2 nitrogen and oxygen atoms in total. The van der Waals surface area contributed by atoms with Crippen LogP contribution in [0.4, 0.5) is 0 Å². The summed E-state index contributed by atoms with van der Waals surface area (Å²) in [7, 11) is 0. The Morgan fingerprint density at radius 1 is 1.23 bits per heavy atom. The zero-order chi connectivity index (χ0) is 9.42. The average Bonchev–Trinajstić information content (AvgIpc) is 2.12. The third-order valence-corrected chi connectivity index (χ3v) is 2.52. The van der Waals surface area contributed by atoms with Crippen molar-refractivity contribution in [1.82, 2.24) is 4.98 Å². The number of benzene rings is 1. The van der Waals surface area contributed by atoms with Crippen LogP contribution in [0.1, 0.15) is 5.56 Å². The maximum atomic E-state index is 11.0. The molecule has 1 heterocycles. The lowest BCUT2D eigenvalue weighted by atomic mass is 10.1. The van der Waals surface area contributed by atoms with Gasteiger partial charge in [-0.25, -0.2) is 0 Å². The van der Waals surface area contributed by atoms with Gasteiger partial charge in [0.1, 0.15) is 0 Å². The van der Waals surface area contributed by atoms with Crippen molar-refractivity contribution in [2.75, 3.05) is 0 Å². The Bertz CT molecular complexity index is 516. The third kappa shape index (κ3) is 1.33. The molecule has 0 fully saturated rings. The molecule has 1 aromatic heterocycles. The van der Waals surface area contributed by atoms with E-state index in [4.69, 9.17) is 11.6 Å². The first kappa shape index (κ1) is 8.32. The maximum Gasteiger partial charge on any atom is 0.248 e. The van der Waals surface area contributed by atoms with E-state index in [1.54, 1.807) is 12.1 Å². The number of H-pyrrole nitrogens is 1. The number of aromatic nitrogens is 1. The molecule has 0 aliphatic carbocycles. The van der Waals surface area contributed by atoms with Gasteiger partial charge in [0.25, 0.3) is 0 Å². The third-order valence-electron chi connectivity index (χ3n) is 2.11. The van der Waals surface area contributed by atoms with E-state index in [-0.39, 0.29) is 5.56 Å². The Labute approximate surface area is 80.2 Å². The van der Waals surface area contributed by atoms with Crippen molar-refractivity contribution >= 4 is 22.5 Å². The van der Waals surface area contributed by atoms with Gasteiger partial charge in [-0.2, -0.15) is 0 Å². The molecule has 3 heteroatoms. The van der Waals surface area contributed by atoms with Crippen molar-refractivity contribution < 1.29 is 0 Å². The van der Waals surface area contributed by atoms with E-state index >= 15 is 0 Å². The van der Waals surface area contributed by atoms with Crippen molar-refractivity contribution in [3.8, 4) is 0 Å². The zero-order valence-corrected chi connectivity index (χ0v) is 7.85. The zero-order valence-electron chi connectivity index (χ0n) is 7.10. The van der Waals surface area contributed by atoms with Crippen LogP contribution in [0.15, 0.2) is 29.1 Å². The Kier molecular flexibility index (Phi) is 1.85. The van der Waals surface area contributed by atoms with E-state index < -0.39 is 0 Å². The lowest BCUT2D eigenvalue weighted by Gasteiger charge is -2.02. The molecule has 2 aromatic rings. The molecule has 66 valence electrons. The smallest absolute Gasteiger partial charge is 0.248 e. The summed E-state index contributed by atoms with van der Waals surface area (Å²) >= 11 is 5.94. The van der Waals surface area contributed by atoms with Crippen molar-refractivity contribution in [3.63, 3.8) is 0 Å². The van der Waals surface area contributed by atoms with Gasteiger partial charge in [-0.15, -0.1) is 0 Å². The van der Waals surface area contributed by atoms with Crippen LogP contribution in [0.2, 0.25) is 5.02 Å². The maximum absolute atomic E-state index is 11.0. The molecule has 0 amide bonds. The summed E-state index contributed by atoms with van der Waals surface area (Å²) < 4.78 is 0. The molecular formula is C10H8ClNO. The fourth-order valence-electron chi connectivity index (χ4n) is 1.36. The number of nitrogens with one attached hydrogen (secondary N) is 1. The topological polar surface area (TPSA) is 32.9 Å². The second-order valence-electron chi connectivity index (χ2n) is 2.96. The fraction of sp³-hybridized carbons (Fsp3) is 0.100. The second kappa shape index (κ2) is 2.89. The Morgan fingerprint density at radius 2 is 2.00 bits per heavy atom. The first-order valence-corrected chi connectivity index (χ1v) is 4.34. The molecule has 0 aliphatic rings. The van der Waals surface area contributed by atoms with Gasteiger partial charge in [0, 0.05) is 22.0 Å². The Hall–Kier alpha value is -1.28. The lowest BCUT2D eigenvalue weighted by molar-refractivity contribution is 1.30. The Balaban J connectivity index is 2.95. The summed E-state index contributed by atoms with van der Waals surface area (Å²) in [6.45, 7) is 1.93. The summed E-state index contributed by atoms with van der Waals surface area (Å²) in [5.74, 6) is 0. The summed E-state index contributed by atoms with van der Waals surface area (Å²) in [6, 6.07) is 6.89. The number of rotatable bonds is 0. The first-order chi connectivity index (χ1) is 6.18. The largest absolute Gasteiger partial charge is 0.322 e. The van der Waals surface area contributed by atoms with Gasteiger partial charge in [0.2, 0.25) is 5.56 Å². The molecule has 0 saturated carbocycles. The molecule has 0 saturated heterocycles. The number of fused-ring (bicyclic) bond motifs is 1. The van der Waals surface area contributed by atoms with E-state index in [9.17, 15) is 4.79 Å². The summed E-state index contributed by atoms with van der Waals surface area (Å²) in [6.07, 6.45) is 0. The molecule has 0 spiro atoms. The highest BCUT2D eigenvalue weighted by Gasteiger charge is 2.00. The number of halogens is 1. The minimum Gasteiger partial charge on any atom is -0.322 e. The van der Waals surface area contributed by atoms with Crippen LogP contribution in [-0.4, -0.2) is 4.98 Å². The molecule has 0 atom stereocenters. The predicted molar refractivity (Wildman–Crippen MR) is 54.3 cm³/mol. The van der Waals surface area contributed by atoms with Gasteiger partial charge in [-0.05, 0) is 30.7 Å². The molecule has 1 N–H and O–H groups in total. The van der Waals surface area contributed by atoms with Gasteiger partial charge in [-0.3, -0.25) is 4.79 Å². The quantitative estimate of drug-likeness (QED) is 0.685. The van der Waals surface area contributed by atoms with Crippen molar-refractivity contribution in [1.29, 1.82) is 0 Å². The lowest BCUT2D eigenvalue weighted by Crippen LogP contribution is -2.02. The van der Waals surface area contributed by atoms with Gasteiger partial charge in [-0.1, -0.05) is 11.6 Å². The predicted octanol–water partition coefficient (Wildman–Crippen LogP) is 2.49. The van der Waals surface area contributed by atoms with Crippen LogP contribution in [0.25, 0.3) is 10.9 Å². The Morgan fingerprint density at radius 3 is 2.77 bits per heavy atom. The molecule has 2 rings (SSSR count). The van der Waals surface area contributed by atoms with Crippen LogP contribution in [0.5, 0.6) is 0 Å². The normalized spacial score (nSPS) is 10.6. The molecule has 0 unspecified atom stereocenters. The monoisotopic (exact) mass is 193 g/mol. The molecular weight excluding hydrogens is 186 g/mol. The van der Waals surface area contributed by atoms with Crippen LogP contribution < -0.4 is 5.56 Å². The van der Waals surface area contributed by atoms with Crippen molar-refractivity contribution in [2.24, 2.45) is 0 Å².